The summed E-state index contributed by atoms with van der Waals surface area (Å²) in [6.45, 7) is 4.32. The number of benzene rings is 1. The molecular formula is C14H16O2S. The van der Waals surface area contributed by atoms with Crippen molar-refractivity contribution in [2.75, 3.05) is 0 Å². The molecule has 1 atom stereocenters. The third-order valence-corrected chi connectivity index (χ3v) is 3.33. The minimum Gasteiger partial charge on any atom is -0.488 e. The third kappa shape index (κ3) is 3.08. The van der Waals surface area contributed by atoms with Crippen molar-refractivity contribution in [3.05, 3.63) is 51.7 Å². The summed E-state index contributed by atoms with van der Waals surface area (Å²) >= 11 is 1.66. The molecule has 90 valence electrons. The minimum atomic E-state index is -0.506. The number of ether oxygens (including phenoxy) is 1. The third-order valence-electron chi connectivity index (χ3n) is 2.59. The van der Waals surface area contributed by atoms with Crippen LogP contribution in [0.4, 0.5) is 0 Å². The summed E-state index contributed by atoms with van der Waals surface area (Å²) in [4.78, 5) is 0. The summed E-state index contributed by atoms with van der Waals surface area (Å²) in [5, 5.41) is 13.8. The molecule has 0 saturated heterocycles. The van der Waals surface area contributed by atoms with Crippen LogP contribution in [-0.2, 0) is 6.61 Å². The van der Waals surface area contributed by atoms with Gasteiger partial charge in [-0.1, -0.05) is 12.1 Å². The van der Waals surface area contributed by atoms with E-state index in [0.717, 1.165) is 22.4 Å². The Morgan fingerprint density at radius 1 is 1.35 bits per heavy atom. The first-order chi connectivity index (χ1) is 8.16. The van der Waals surface area contributed by atoms with Gasteiger partial charge in [-0.3, -0.25) is 0 Å². The second-order valence-corrected chi connectivity index (χ2v) is 4.92. The van der Waals surface area contributed by atoms with Gasteiger partial charge in [0.05, 0.1) is 6.10 Å². The van der Waals surface area contributed by atoms with Crippen LogP contribution in [0.25, 0.3) is 0 Å². The van der Waals surface area contributed by atoms with Gasteiger partial charge in [-0.2, -0.15) is 11.3 Å². The van der Waals surface area contributed by atoms with Gasteiger partial charge in [-0.05, 0) is 47.9 Å². The molecule has 1 aromatic heterocycles. The average molecular weight is 248 g/mol. The molecule has 0 unspecified atom stereocenters. The smallest absolute Gasteiger partial charge is 0.125 e. The van der Waals surface area contributed by atoms with E-state index in [1.165, 1.54) is 0 Å². The largest absolute Gasteiger partial charge is 0.488 e. The lowest BCUT2D eigenvalue weighted by atomic mass is 10.1. The van der Waals surface area contributed by atoms with E-state index in [1.54, 1.807) is 18.3 Å². The van der Waals surface area contributed by atoms with Gasteiger partial charge >= 0.3 is 0 Å². The van der Waals surface area contributed by atoms with Crippen molar-refractivity contribution >= 4 is 11.3 Å². The Balaban J connectivity index is 2.16. The van der Waals surface area contributed by atoms with E-state index in [4.69, 9.17) is 4.74 Å². The quantitative estimate of drug-likeness (QED) is 0.894. The first-order valence-electron chi connectivity index (χ1n) is 5.59. The molecule has 2 aromatic rings. The summed E-state index contributed by atoms with van der Waals surface area (Å²) in [7, 11) is 0. The lowest BCUT2D eigenvalue weighted by molar-refractivity contribution is 0.190. The molecule has 1 heterocycles. The van der Waals surface area contributed by atoms with Crippen molar-refractivity contribution in [2.45, 2.75) is 26.6 Å². The van der Waals surface area contributed by atoms with Gasteiger partial charge in [0.1, 0.15) is 12.4 Å². The Kier molecular flexibility index (Phi) is 3.82. The van der Waals surface area contributed by atoms with Crippen molar-refractivity contribution in [1.82, 2.24) is 0 Å². The predicted molar refractivity (Wildman–Crippen MR) is 70.5 cm³/mol. The van der Waals surface area contributed by atoms with Gasteiger partial charge in [0, 0.05) is 5.56 Å². The molecule has 1 N–H and O–H groups in total. The SMILES string of the molecule is Cc1ccc([C@H](C)O)c(OCc2ccsc2)c1. The summed E-state index contributed by atoms with van der Waals surface area (Å²) in [6, 6.07) is 7.92. The van der Waals surface area contributed by atoms with E-state index in [0.29, 0.717) is 6.61 Å². The van der Waals surface area contributed by atoms with Crippen LogP contribution in [0.3, 0.4) is 0 Å². The number of rotatable bonds is 4. The standard InChI is InChI=1S/C14H16O2S/c1-10-3-4-13(11(2)15)14(7-10)16-8-12-5-6-17-9-12/h3-7,9,11,15H,8H2,1-2H3/t11-/m0/s1. The lowest BCUT2D eigenvalue weighted by Crippen LogP contribution is -2.00. The Bertz CT molecular complexity index is 475. The van der Waals surface area contributed by atoms with Crippen LogP contribution in [0.2, 0.25) is 0 Å². The number of aryl methyl sites for hydroxylation is 1. The number of hydrogen-bond acceptors (Lipinski definition) is 3. The first kappa shape index (κ1) is 12.1. The summed E-state index contributed by atoms with van der Waals surface area (Å²) in [5.41, 5.74) is 3.13. The number of aliphatic hydroxyl groups excluding tert-OH is 1. The van der Waals surface area contributed by atoms with Crippen LogP contribution in [0.1, 0.15) is 29.7 Å². The fourth-order valence-electron chi connectivity index (χ4n) is 1.65. The van der Waals surface area contributed by atoms with Crippen molar-refractivity contribution in [3.63, 3.8) is 0 Å². The van der Waals surface area contributed by atoms with Crippen LogP contribution in [0.15, 0.2) is 35.0 Å². The van der Waals surface area contributed by atoms with Gasteiger partial charge in [-0.15, -0.1) is 0 Å². The zero-order chi connectivity index (χ0) is 12.3. The molecule has 17 heavy (non-hydrogen) atoms. The normalized spacial score (nSPS) is 12.4. The minimum absolute atomic E-state index is 0.506. The van der Waals surface area contributed by atoms with Crippen molar-refractivity contribution in [3.8, 4) is 5.75 Å². The van der Waals surface area contributed by atoms with Crippen LogP contribution in [0.5, 0.6) is 5.75 Å². The summed E-state index contributed by atoms with van der Waals surface area (Å²) in [5.74, 6) is 0.770. The van der Waals surface area contributed by atoms with Gasteiger partial charge < -0.3 is 9.84 Å². The molecule has 0 aliphatic heterocycles. The highest BCUT2D eigenvalue weighted by molar-refractivity contribution is 7.07. The summed E-state index contributed by atoms with van der Waals surface area (Å²) < 4.78 is 5.77. The van der Waals surface area contributed by atoms with Crippen LogP contribution >= 0.6 is 11.3 Å². The molecule has 0 saturated carbocycles. The Morgan fingerprint density at radius 3 is 2.82 bits per heavy atom. The van der Waals surface area contributed by atoms with Crippen molar-refractivity contribution < 1.29 is 9.84 Å². The maximum atomic E-state index is 9.67. The first-order valence-corrected chi connectivity index (χ1v) is 6.53. The highest BCUT2D eigenvalue weighted by atomic mass is 32.1. The van der Waals surface area contributed by atoms with Crippen LogP contribution in [-0.4, -0.2) is 5.11 Å². The van der Waals surface area contributed by atoms with Crippen LogP contribution in [0, 0.1) is 6.92 Å². The fourth-order valence-corrected chi connectivity index (χ4v) is 2.30. The molecule has 0 radical (unpaired) electrons. The van der Waals surface area contributed by atoms with Gasteiger partial charge in [0.15, 0.2) is 0 Å². The van der Waals surface area contributed by atoms with Gasteiger partial charge in [0.25, 0.3) is 0 Å². The number of aliphatic hydroxyl groups is 1. The molecule has 0 fully saturated rings. The van der Waals surface area contributed by atoms with E-state index in [9.17, 15) is 5.11 Å². The van der Waals surface area contributed by atoms with E-state index >= 15 is 0 Å². The second kappa shape index (κ2) is 5.34. The molecule has 3 heteroatoms. The Morgan fingerprint density at radius 2 is 2.18 bits per heavy atom. The second-order valence-electron chi connectivity index (χ2n) is 4.14. The molecular weight excluding hydrogens is 232 g/mol. The molecule has 0 bridgehead atoms. The van der Waals surface area contributed by atoms with E-state index < -0.39 is 6.10 Å². The monoisotopic (exact) mass is 248 g/mol. The molecule has 2 nitrogen and oxygen atoms in total. The average Bonchev–Trinajstić information content (AvgIpc) is 2.78. The van der Waals surface area contributed by atoms with Gasteiger partial charge in [0.2, 0.25) is 0 Å². The molecule has 0 spiro atoms. The lowest BCUT2D eigenvalue weighted by Gasteiger charge is -2.13. The fraction of sp³-hybridized carbons (Fsp3) is 0.286. The van der Waals surface area contributed by atoms with Crippen molar-refractivity contribution in [1.29, 1.82) is 0 Å². The van der Waals surface area contributed by atoms with Crippen LogP contribution < -0.4 is 4.74 Å². The predicted octanol–water partition coefficient (Wildman–Crippen LogP) is 3.69. The highest BCUT2D eigenvalue weighted by Gasteiger charge is 2.09. The summed E-state index contributed by atoms with van der Waals surface area (Å²) in [6.07, 6.45) is -0.506. The number of hydrogen-bond donors (Lipinski definition) is 1. The topological polar surface area (TPSA) is 29.5 Å². The zero-order valence-electron chi connectivity index (χ0n) is 10.0. The van der Waals surface area contributed by atoms with Crippen molar-refractivity contribution in [2.24, 2.45) is 0 Å². The molecule has 0 aliphatic carbocycles. The molecule has 0 amide bonds. The molecule has 0 aliphatic rings. The van der Waals surface area contributed by atoms with E-state index in [-0.39, 0.29) is 0 Å². The van der Waals surface area contributed by atoms with Gasteiger partial charge in [-0.25, -0.2) is 0 Å². The van der Waals surface area contributed by atoms with E-state index in [2.05, 4.69) is 5.38 Å². The van der Waals surface area contributed by atoms with E-state index in [1.807, 2.05) is 36.6 Å². The Labute approximate surface area is 105 Å². The number of thiophene rings is 1. The Hall–Kier alpha value is -1.32. The highest BCUT2D eigenvalue weighted by Crippen LogP contribution is 2.27. The zero-order valence-corrected chi connectivity index (χ0v) is 10.8. The maximum absolute atomic E-state index is 9.67. The molecule has 2 rings (SSSR count). The molecule has 1 aromatic carbocycles. The maximum Gasteiger partial charge on any atom is 0.125 e.